The van der Waals surface area contributed by atoms with Gasteiger partial charge in [0.2, 0.25) is 0 Å². The molecule has 0 saturated heterocycles. The van der Waals surface area contributed by atoms with Gasteiger partial charge in [-0.3, -0.25) is 4.99 Å². The normalized spacial score (nSPS) is 13.6. The zero-order valence-electron chi connectivity index (χ0n) is 12.1. The molecule has 108 valence electrons. The highest BCUT2D eigenvalue weighted by atomic mass is 32.2. The summed E-state index contributed by atoms with van der Waals surface area (Å²) in [7, 11) is 1.81. The molecule has 0 aliphatic heterocycles. The van der Waals surface area contributed by atoms with Gasteiger partial charge < -0.3 is 10.6 Å². The smallest absolute Gasteiger partial charge is 0.191 e. The second kappa shape index (κ2) is 9.20. The number of guanidine groups is 1. The Labute approximate surface area is 124 Å². The number of thiazole rings is 1. The predicted octanol–water partition coefficient (Wildman–Crippen LogP) is 2.83. The number of thioether (sulfide) groups is 1. The molecule has 2 N–H and O–H groups in total. The molecule has 0 radical (unpaired) electrons. The van der Waals surface area contributed by atoms with E-state index in [0.717, 1.165) is 29.0 Å². The summed E-state index contributed by atoms with van der Waals surface area (Å²) in [5, 5.41) is 8.75. The molecule has 0 aromatic carbocycles. The van der Waals surface area contributed by atoms with Crippen molar-refractivity contribution in [2.45, 2.75) is 37.6 Å². The molecule has 4 nitrogen and oxygen atoms in total. The second-order valence-corrected chi connectivity index (χ2v) is 6.91. The first-order chi connectivity index (χ1) is 9.13. The van der Waals surface area contributed by atoms with Gasteiger partial charge in [-0.05, 0) is 19.3 Å². The summed E-state index contributed by atoms with van der Waals surface area (Å²) in [5.41, 5.74) is 0. The number of nitrogens with zero attached hydrogens (tertiary/aromatic N) is 2. The Morgan fingerprint density at radius 2 is 2.26 bits per heavy atom. The molecular weight excluding hydrogens is 276 g/mol. The summed E-state index contributed by atoms with van der Waals surface area (Å²) >= 11 is 3.51. The van der Waals surface area contributed by atoms with E-state index in [-0.39, 0.29) is 0 Å². The Bertz CT molecular complexity index is 363. The van der Waals surface area contributed by atoms with E-state index in [9.17, 15) is 0 Å². The van der Waals surface area contributed by atoms with Gasteiger partial charge in [0.05, 0.1) is 0 Å². The summed E-state index contributed by atoms with van der Waals surface area (Å²) in [4.78, 5) is 8.48. The van der Waals surface area contributed by atoms with E-state index in [1.807, 2.05) is 30.4 Å². The first kappa shape index (κ1) is 16.3. The van der Waals surface area contributed by atoms with Crippen LogP contribution in [0.4, 0.5) is 0 Å². The number of nitrogens with one attached hydrogen (secondary N) is 2. The monoisotopic (exact) mass is 300 g/mol. The van der Waals surface area contributed by atoms with Crippen molar-refractivity contribution in [1.82, 2.24) is 15.6 Å². The Kier molecular flexibility index (Phi) is 7.90. The third kappa shape index (κ3) is 6.82. The van der Waals surface area contributed by atoms with Crippen molar-refractivity contribution < 1.29 is 0 Å². The highest BCUT2D eigenvalue weighted by molar-refractivity contribution is 8.00. The summed E-state index contributed by atoms with van der Waals surface area (Å²) in [6.07, 6.45) is 2.95. The molecule has 6 heteroatoms. The van der Waals surface area contributed by atoms with Crippen LogP contribution in [0.2, 0.25) is 0 Å². The SMILES string of the molecule is CN=C(NCCCSc1nccs1)NC(C)C(C)C. The van der Waals surface area contributed by atoms with Crippen LogP contribution in [-0.2, 0) is 0 Å². The molecule has 1 aromatic rings. The quantitative estimate of drug-likeness (QED) is 0.352. The van der Waals surface area contributed by atoms with E-state index in [1.54, 1.807) is 11.3 Å². The van der Waals surface area contributed by atoms with Crippen molar-refractivity contribution in [3.8, 4) is 0 Å². The van der Waals surface area contributed by atoms with Gasteiger partial charge in [-0.15, -0.1) is 11.3 Å². The van der Waals surface area contributed by atoms with Crippen LogP contribution in [-0.4, -0.2) is 36.3 Å². The molecule has 1 heterocycles. The van der Waals surface area contributed by atoms with Crippen molar-refractivity contribution in [3.63, 3.8) is 0 Å². The van der Waals surface area contributed by atoms with Crippen LogP contribution in [0.1, 0.15) is 27.2 Å². The fourth-order valence-electron chi connectivity index (χ4n) is 1.30. The average Bonchev–Trinajstić information content (AvgIpc) is 2.89. The van der Waals surface area contributed by atoms with Crippen LogP contribution in [0.3, 0.4) is 0 Å². The number of hydrogen-bond donors (Lipinski definition) is 2. The van der Waals surface area contributed by atoms with E-state index < -0.39 is 0 Å². The predicted molar refractivity (Wildman–Crippen MR) is 86.3 cm³/mol. The van der Waals surface area contributed by atoms with Crippen molar-refractivity contribution >= 4 is 29.1 Å². The van der Waals surface area contributed by atoms with Crippen molar-refractivity contribution in [3.05, 3.63) is 11.6 Å². The minimum absolute atomic E-state index is 0.427. The molecule has 0 aliphatic carbocycles. The number of aromatic nitrogens is 1. The fourth-order valence-corrected chi connectivity index (χ4v) is 2.94. The summed E-state index contributed by atoms with van der Waals surface area (Å²) in [5.74, 6) is 2.57. The molecule has 0 bridgehead atoms. The topological polar surface area (TPSA) is 49.3 Å². The van der Waals surface area contributed by atoms with Crippen molar-refractivity contribution in [1.29, 1.82) is 0 Å². The van der Waals surface area contributed by atoms with E-state index in [0.29, 0.717) is 12.0 Å². The second-order valence-electron chi connectivity index (χ2n) is 4.68. The Hall–Kier alpha value is -0.750. The summed E-state index contributed by atoms with van der Waals surface area (Å²) in [6, 6.07) is 0.427. The highest BCUT2D eigenvalue weighted by Gasteiger charge is 2.08. The molecule has 0 fully saturated rings. The van der Waals surface area contributed by atoms with E-state index >= 15 is 0 Å². The first-order valence-corrected chi connectivity index (χ1v) is 8.49. The molecule has 1 unspecified atom stereocenters. The highest BCUT2D eigenvalue weighted by Crippen LogP contribution is 2.20. The van der Waals surface area contributed by atoms with Crippen LogP contribution in [0.15, 0.2) is 20.9 Å². The Morgan fingerprint density at radius 3 is 2.84 bits per heavy atom. The fraction of sp³-hybridized carbons (Fsp3) is 0.692. The molecular formula is C13H24N4S2. The molecule has 1 atom stereocenters. The van der Waals surface area contributed by atoms with Gasteiger partial charge in [-0.1, -0.05) is 25.6 Å². The molecule has 0 amide bonds. The van der Waals surface area contributed by atoms with Crippen LogP contribution in [0.5, 0.6) is 0 Å². The van der Waals surface area contributed by atoms with E-state index in [4.69, 9.17) is 0 Å². The lowest BCUT2D eigenvalue weighted by Crippen LogP contribution is -2.44. The minimum Gasteiger partial charge on any atom is -0.356 e. The zero-order valence-corrected chi connectivity index (χ0v) is 13.8. The molecule has 0 aliphatic rings. The molecule has 1 aromatic heterocycles. The molecule has 0 spiro atoms. The summed E-state index contributed by atoms with van der Waals surface area (Å²) < 4.78 is 1.15. The van der Waals surface area contributed by atoms with Crippen LogP contribution in [0.25, 0.3) is 0 Å². The van der Waals surface area contributed by atoms with Crippen LogP contribution in [0, 0.1) is 5.92 Å². The Balaban J connectivity index is 2.13. The third-order valence-corrected chi connectivity index (χ3v) is 4.89. The van der Waals surface area contributed by atoms with E-state index in [1.165, 1.54) is 0 Å². The molecule has 1 rings (SSSR count). The lowest BCUT2D eigenvalue weighted by Gasteiger charge is -2.20. The Morgan fingerprint density at radius 1 is 1.47 bits per heavy atom. The first-order valence-electron chi connectivity index (χ1n) is 6.63. The van der Waals surface area contributed by atoms with Gasteiger partial charge in [0.25, 0.3) is 0 Å². The maximum atomic E-state index is 4.25. The van der Waals surface area contributed by atoms with Gasteiger partial charge in [-0.25, -0.2) is 4.98 Å². The van der Waals surface area contributed by atoms with Crippen molar-refractivity contribution in [2.75, 3.05) is 19.3 Å². The van der Waals surface area contributed by atoms with Gasteiger partial charge in [-0.2, -0.15) is 0 Å². The third-order valence-electron chi connectivity index (χ3n) is 2.84. The summed E-state index contributed by atoms with van der Waals surface area (Å²) in [6.45, 7) is 7.52. The number of rotatable bonds is 7. The number of aliphatic imine (C=N–C) groups is 1. The maximum absolute atomic E-state index is 4.25. The minimum atomic E-state index is 0.427. The van der Waals surface area contributed by atoms with E-state index in [2.05, 4.69) is 41.4 Å². The average molecular weight is 300 g/mol. The lowest BCUT2D eigenvalue weighted by molar-refractivity contribution is 0.481. The lowest BCUT2D eigenvalue weighted by atomic mass is 10.1. The standard InChI is InChI=1S/C13H24N4S2/c1-10(2)11(3)17-12(14-4)15-6-5-8-18-13-16-7-9-19-13/h7,9-11H,5-6,8H2,1-4H3,(H2,14,15,17). The van der Waals surface area contributed by atoms with Crippen LogP contribution >= 0.6 is 23.1 Å². The van der Waals surface area contributed by atoms with Gasteiger partial charge in [0.15, 0.2) is 5.96 Å². The zero-order chi connectivity index (χ0) is 14.1. The van der Waals surface area contributed by atoms with Crippen LogP contribution < -0.4 is 10.6 Å². The largest absolute Gasteiger partial charge is 0.356 e. The van der Waals surface area contributed by atoms with Crippen molar-refractivity contribution in [2.24, 2.45) is 10.9 Å². The maximum Gasteiger partial charge on any atom is 0.191 e. The van der Waals surface area contributed by atoms with Gasteiger partial charge >= 0.3 is 0 Å². The van der Waals surface area contributed by atoms with Gasteiger partial charge in [0, 0.05) is 37.0 Å². The molecule has 19 heavy (non-hydrogen) atoms. The molecule has 0 saturated carbocycles. The van der Waals surface area contributed by atoms with Gasteiger partial charge in [0.1, 0.15) is 4.34 Å². The number of hydrogen-bond acceptors (Lipinski definition) is 4.